The quantitative estimate of drug-likeness (QED) is 0.590. The number of carbonyl (C=O) groups is 2. The van der Waals surface area contributed by atoms with Crippen LogP contribution in [0, 0.1) is 0 Å². The van der Waals surface area contributed by atoms with E-state index in [4.69, 9.17) is 4.74 Å². The van der Waals surface area contributed by atoms with E-state index in [1.165, 1.54) is 13.2 Å². The van der Waals surface area contributed by atoms with Crippen LogP contribution in [0.2, 0.25) is 0 Å². The van der Waals surface area contributed by atoms with Crippen molar-refractivity contribution in [1.82, 2.24) is 0 Å². The maximum absolute atomic E-state index is 11.1. The second-order valence-corrected chi connectivity index (χ2v) is 3.58. The molecule has 0 aromatic heterocycles. The van der Waals surface area contributed by atoms with Crippen LogP contribution in [-0.4, -0.2) is 25.7 Å². The summed E-state index contributed by atoms with van der Waals surface area (Å²) in [6.45, 7) is 2.11. The van der Waals surface area contributed by atoms with E-state index in [1.54, 1.807) is 13.0 Å². The molecule has 0 atom stereocenters. The molecule has 1 aromatic carbocycles. The number of rotatable bonds is 5. The number of methoxy groups -OCH3 is 1. The Balaban J connectivity index is 2.70. The van der Waals surface area contributed by atoms with Crippen LogP contribution in [-0.2, 0) is 25.5 Å². The van der Waals surface area contributed by atoms with Gasteiger partial charge in [-0.25, -0.2) is 4.79 Å². The SMILES string of the molecule is CCOC(=O)C=Cc1cccc(CC(=O)OC)c1. The fourth-order valence-electron chi connectivity index (χ4n) is 1.40. The van der Waals surface area contributed by atoms with E-state index in [2.05, 4.69) is 4.74 Å². The standard InChI is InChI=1S/C14H16O4/c1-3-18-13(15)8-7-11-5-4-6-12(9-11)10-14(16)17-2/h4-9H,3,10H2,1-2H3. The van der Waals surface area contributed by atoms with E-state index in [1.807, 2.05) is 24.3 Å². The van der Waals surface area contributed by atoms with E-state index in [9.17, 15) is 9.59 Å². The lowest BCUT2D eigenvalue weighted by atomic mass is 10.1. The molecule has 0 aliphatic heterocycles. The topological polar surface area (TPSA) is 52.6 Å². The molecule has 0 aliphatic rings. The Hall–Kier alpha value is -2.10. The van der Waals surface area contributed by atoms with Crippen molar-refractivity contribution in [3.05, 3.63) is 41.5 Å². The van der Waals surface area contributed by atoms with Crippen LogP contribution in [0.15, 0.2) is 30.3 Å². The van der Waals surface area contributed by atoms with E-state index in [-0.39, 0.29) is 18.4 Å². The van der Waals surface area contributed by atoms with Gasteiger partial charge < -0.3 is 9.47 Å². The minimum Gasteiger partial charge on any atom is -0.469 e. The molecule has 1 rings (SSSR count). The molecule has 0 radical (unpaired) electrons. The highest BCUT2D eigenvalue weighted by Gasteiger charge is 2.02. The largest absolute Gasteiger partial charge is 0.469 e. The molecule has 0 spiro atoms. The van der Waals surface area contributed by atoms with Crippen molar-refractivity contribution in [2.45, 2.75) is 13.3 Å². The number of hydrogen-bond donors (Lipinski definition) is 0. The normalized spacial score (nSPS) is 10.3. The molecule has 0 aliphatic carbocycles. The fraction of sp³-hybridized carbons (Fsp3) is 0.286. The summed E-state index contributed by atoms with van der Waals surface area (Å²) in [4.78, 5) is 22.3. The molecule has 4 nitrogen and oxygen atoms in total. The summed E-state index contributed by atoms with van der Waals surface area (Å²) >= 11 is 0. The van der Waals surface area contributed by atoms with Crippen LogP contribution < -0.4 is 0 Å². The van der Waals surface area contributed by atoms with Crippen molar-refractivity contribution < 1.29 is 19.1 Å². The summed E-state index contributed by atoms with van der Waals surface area (Å²) < 4.78 is 9.37. The minimum atomic E-state index is -0.379. The van der Waals surface area contributed by atoms with Gasteiger partial charge in [0.05, 0.1) is 20.1 Å². The highest BCUT2D eigenvalue weighted by Crippen LogP contribution is 2.08. The van der Waals surface area contributed by atoms with Crippen molar-refractivity contribution in [3.63, 3.8) is 0 Å². The number of esters is 2. The number of ether oxygens (including phenoxy) is 2. The van der Waals surface area contributed by atoms with Crippen molar-refractivity contribution >= 4 is 18.0 Å². The Bertz CT molecular complexity index is 449. The Morgan fingerprint density at radius 1 is 1.33 bits per heavy atom. The van der Waals surface area contributed by atoms with E-state index >= 15 is 0 Å². The van der Waals surface area contributed by atoms with Gasteiger partial charge in [-0.3, -0.25) is 4.79 Å². The molecule has 0 bridgehead atoms. The first kappa shape index (κ1) is 14.0. The molecular formula is C14H16O4. The minimum absolute atomic E-state index is 0.220. The van der Waals surface area contributed by atoms with Crippen LogP contribution in [0.1, 0.15) is 18.1 Å². The smallest absolute Gasteiger partial charge is 0.330 e. The molecule has 0 unspecified atom stereocenters. The van der Waals surface area contributed by atoms with Gasteiger partial charge in [0.25, 0.3) is 0 Å². The predicted octanol–water partition coefficient (Wildman–Crippen LogP) is 1.98. The third-order valence-corrected chi connectivity index (χ3v) is 2.23. The number of hydrogen-bond acceptors (Lipinski definition) is 4. The molecule has 96 valence electrons. The van der Waals surface area contributed by atoms with Crippen LogP contribution >= 0.6 is 0 Å². The van der Waals surface area contributed by atoms with Crippen LogP contribution in [0.4, 0.5) is 0 Å². The highest BCUT2D eigenvalue weighted by molar-refractivity contribution is 5.87. The lowest BCUT2D eigenvalue weighted by Crippen LogP contribution is -2.04. The zero-order chi connectivity index (χ0) is 13.4. The van der Waals surface area contributed by atoms with Crippen molar-refractivity contribution in [3.8, 4) is 0 Å². The van der Waals surface area contributed by atoms with Gasteiger partial charge in [0.2, 0.25) is 0 Å². The van der Waals surface area contributed by atoms with Gasteiger partial charge in [-0.05, 0) is 24.1 Å². The van der Waals surface area contributed by atoms with Crippen molar-refractivity contribution in [2.24, 2.45) is 0 Å². The van der Waals surface area contributed by atoms with Gasteiger partial charge in [-0.15, -0.1) is 0 Å². The second-order valence-electron chi connectivity index (χ2n) is 3.58. The third kappa shape index (κ3) is 4.82. The average Bonchev–Trinajstić information content (AvgIpc) is 2.37. The van der Waals surface area contributed by atoms with Crippen molar-refractivity contribution in [1.29, 1.82) is 0 Å². The van der Waals surface area contributed by atoms with Crippen LogP contribution in [0.5, 0.6) is 0 Å². The molecule has 4 heteroatoms. The summed E-state index contributed by atoms with van der Waals surface area (Å²) in [5.74, 6) is -0.669. The Kier molecular flexibility index (Phi) is 5.64. The molecule has 0 amide bonds. The molecule has 0 heterocycles. The first-order chi connectivity index (χ1) is 8.65. The molecular weight excluding hydrogens is 232 g/mol. The lowest BCUT2D eigenvalue weighted by molar-refractivity contribution is -0.140. The monoisotopic (exact) mass is 248 g/mol. The first-order valence-electron chi connectivity index (χ1n) is 5.66. The maximum Gasteiger partial charge on any atom is 0.330 e. The molecule has 0 N–H and O–H groups in total. The highest BCUT2D eigenvalue weighted by atomic mass is 16.5. The Morgan fingerprint density at radius 3 is 2.78 bits per heavy atom. The van der Waals surface area contributed by atoms with E-state index in [0.29, 0.717) is 6.61 Å². The average molecular weight is 248 g/mol. The fourth-order valence-corrected chi connectivity index (χ4v) is 1.40. The predicted molar refractivity (Wildman–Crippen MR) is 67.8 cm³/mol. The van der Waals surface area contributed by atoms with Gasteiger partial charge in [-0.2, -0.15) is 0 Å². The third-order valence-electron chi connectivity index (χ3n) is 2.23. The van der Waals surface area contributed by atoms with E-state index < -0.39 is 0 Å². The first-order valence-corrected chi connectivity index (χ1v) is 5.66. The number of benzene rings is 1. The molecule has 0 fully saturated rings. The molecule has 0 saturated carbocycles. The van der Waals surface area contributed by atoms with Crippen LogP contribution in [0.3, 0.4) is 0 Å². The molecule has 0 saturated heterocycles. The summed E-state index contributed by atoms with van der Waals surface area (Å²) in [5, 5.41) is 0. The molecule has 18 heavy (non-hydrogen) atoms. The van der Waals surface area contributed by atoms with Gasteiger partial charge >= 0.3 is 11.9 Å². The Morgan fingerprint density at radius 2 is 2.11 bits per heavy atom. The zero-order valence-corrected chi connectivity index (χ0v) is 10.5. The van der Waals surface area contributed by atoms with Gasteiger partial charge in [0, 0.05) is 6.08 Å². The van der Waals surface area contributed by atoms with Gasteiger partial charge in [-0.1, -0.05) is 24.3 Å². The summed E-state index contributed by atoms with van der Waals surface area (Å²) in [6.07, 6.45) is 3.23. The zero-order valence-electron chi connectivity index (χ0n) is 10.5. The van der Waals surface area contributed by atoms with Gasteiger partial charge in [0.15, 0.2) is 0 Å². The summed E-state index contributed by atoms with van der Waals surface area (Å²) in [7, 11) is 1.35. The number of carbonyl (C=O) groups excluding carboxylic acids is 2. The van der Waals surface area contributed by atoms with Crippen LogP contribution in [0.25, 0.3) is 6.08 Å². The van der Waals surface area contributed by atoms with Crippen molar-refractivity contribution in [2.75, 3.05) is 13.7 Å². The van der Waals surface area contributed by atoms with Gasteiger partial charge in [0.1, 0.15) is 0 Å². The summed E-state index contributed by atoms with van der Waals surface area (Å²) in [6, 6.07) is 7.32. The second kappa shape index (κ2) is 7.27. The summed E-state index contributed by atoms with van der Waals surface area (Å²) in [5.41, 5.74) is 1.68. The Labute approximate surface area is 106 Å². The maximum atomic E-state index is 11.1. The van der Waals surface area contributed by atoms with E-state index in [0.717, 1.165) is 11.1 Å². The molecule has 1 aromatic rings. The lowest BCUT2D eigenvalue weighted by Gasteiger charge is -2.01.